The van der Waals surface area contributed by atoms with Crippen LogP contribution in [0.15, 0.2) is 16.0 Å². The van der Waals surface area contributed by atoms with Gasteiger partial charge in [0.15, 0.2) is 10.9 Å². The van der Waals surface area contributed by atoms with Gasteiger partial charge < -0.3 is 4.52 Å². The summed E-state index contributed by atoms with van der Waals surface area (Å²) in [5.74, 6) is 0.470. The van der Waals surface area contributed by atoms with E-state index in [1.54, 1.807) is 18.3 Å². The number of anilines is 1. The fourth-order valence-corrected chi connectivity index (χ4v) is 4.20. The number of amides is 1. The van der Waals surface area contributed by atoms with Gasteiger partial charge in [-0.25, -0.2) is 4.98 Å². The minimum absolute atomic E-state index is 0.0928. The molecule has 0 aliphatic rings. The summed E-state index contributed by atoms with van der Waals surface area (Å²) in [7, 11) is 0. The highest BCUT2D eigenvalue weighted by Gasteiger charge is 2.23. The summed E-state index contributed by atoms with van der Waals surface area (Å²) in [5, 5.41) is 9.33. The highest BCUT2D eigenvalue weighted by atomic mass is 32.1. The fraction of sp³-hybridized carbons (Fsp3) is 0.353. The minimum Gasteiger partial charge on any atom is -0.360 e. The van der Waals surface area contributed by atoms with Crippen molar-refractivity contribution in [2.24, 2.45) is 0 Å². The van der Waals surface area contributed by atoms with Crippen LogP contribution < -0.4 is 5.32 Å². The molecule has 0 aliphatic heterocycles. The molecule has 3 heterocycles. The summed E-state index contributed by atoms with van der Waals surface area (Å²) < 4.78 is 5.28. The van der Waals surface area contributed by atoms with E-state index in [0.717, 1.165) is 11.3 Å². The maximum Gasteiger partial charge on any atom is 0.262 e. The average Bonchev–Trinajstić information content (AvgIpc) is 3.18. The molecule has 3 aromatic heterocycles. The Morgan fingerprint density at radius 1 is 1.29 bits per heavy atom. The van der Waals surface area contributed by atoms with Gasteiger partial charge in [-0.2, -0.15) is 0 Å². The van der Waals surface area contributed by atoms with E-state index in [0.29, 0.717) is 22.1 Å². The van der Waals surface area contributed by atoms with E-state index in [1.807, 2.05) is 19.2 Å². The maximum atomic E-state index is 12.6. The van der Waals surface area contributed by atoms with Crippen molar-refractivity contribution in [2.75, 3.05) is 5.32 Å². The molecule has 0 aromatic carbocycles. The van der Waals surface area contributed by atoms with Crippen molar-refractivity contribution in [1.82, 2.24) is 10.1 Å². The summed E-state index contributed by atoms with van der Waals surface area (Å²) in [6.45, 7) is 9.88. The Kier molecular flexibility index (Phi) is 4.56. The Balaban J connectivity index is 1.84. The lowest BCUT2D eigenvalue weighted by Gasteiger charge is -2.04. The third-order valence-corrected chi connectivity index (χ3v) is 5.41. The first-order valence-corrected chi connectivity index (χ1v) is 9.37. The second-order valence-electron chi connectivity index (χ2n) is 5.98. The van der Waals surface area contributed by atoms with E-state index in [-0.39, 0.29) is 11.8 Å². The smallest absolute Gasteiger partial charge is 0.262 e. The first kappa shape index (κ1) is 16.9. The van der Waals surface area contributed by atoms with E-state index >= 15 is 0 Å². The SMILES string of the molecule is Cc1cc(-c2csc(NC(=O)c3c(C)noc3C(C)C)n2)c(C)s1. The Morgan fingerprint density at radius 3 is 2.67 bits per heavy atom. The van der Waals surface area contributed by atoms with Crippen LogP contribution in [-0.2, 0) is 0 Å². The van der Waals surface area contributed by atoms with Crippen molar-refractivity contribution in [3.8, 4) is 11.3 Å². The third-order valence-electron chi connectivity index (χ3n) is 3.68. The zero-order valence-electron chi connectivity index (χ0n) is 14.3. The van der Waals surface area contributed by atoms with Crippen LogP contribution in [0.2, 0.25) is 0 Å². The van der Waals surface area contributed by atoms with Crippen LogP contribution in [0.3, 0.4) is 0 Å². The summed E-state index contributed by atoms with van der Waals surface area (Å²) in [4.78, 5) is 19.6. The lowest BCUT2D eigenvalue weighted by atomic mass is 10.0. The van der Waals surface area contributed by atoms with Crippen LogP contribution in [-0.4, -0.2) is 16.0 Å². The molecule has 7 heteroatoms. The van der Waals surface area contributed by atoms with E-state index < -0.39 is 0 Å². The lowest BCUT2D eigenvalue weighted by Crippen LogP contribution is -2.14. The van der Waals surface area contributed by atoms with E-state index in [1.165, 1.54) is 21.1 Å². The molecule has 0 radical (unpaired) electrons. The first-order valence-electron chi connectivity index (χ1n) is 7.67. The highest BCUT2D eigenvalue weighted by Crippen LogP contribution is 2.33. The van der Waals surface area contributed by atoms with Crippen LogP contribution in [0.4, 0.5) is 5.13 Å². The summed E-state index contributed by atoms with van der Waals surface area (Å²) in [6.07, 6.45) is 0. The molecule has 0 saturated heterocycles. The van der Waals surface area contributed by atoms with Crippen molar-refractivity contribution >= 4 is 33.7 Å². The number of hydrogen-bond donors (Lipinski definition) is 1. The minimum atomic E-state index is -0.225. The molecule has 5 nitrogen and oxygen atoms in total. The molecule has 0 fully saturated rings. The van der Waals surface area contributed by atoms with E-state index in [2.05, 4.69) is 35.4 Å². The van der Waals surface area contributed by atoms with Crippen LogP contribution in [0, 0.1) is 20.8 Å². The van der Waals surface area contributed by atoms with Crippen molar-refractivity contribution < 1.29 is 9.32 Å². The molecule has 1 N–H and O–H groups in total. The zero-order chi connectivity index (χ0) is 17.4. The number of thiophene rings is 1. The zero-order valence-corrected chi connectivity index (χ0v) is 15.9. The van der Waals surface area contributed by atoms with Crippen LogP contribution in [0.1, 0.15) is 51.3 Å². The van der Waals surface area contributed by atoms with Gasteiger partial charge in [0.25, 0.3) is 5.91 Å². The molecule has 3 rings (SSSR count). The number of rotatable bonds is 4. The molecule has 0 saturated carbocycles. The van der Waals surface area contributed by atoms with Gasteiger partial charge in [0.05, 0.1) is 11.4 Å². The van der Waals surface area contributed by atoms with Gasteiger partial charge in [0.2, 0.25) is 0 Å². The van der Waals surface area contributed by atoms with Gasteiger partial charge in [-0.15, -0.1) is 22.7 Å². The van der Waals surface area contributed by atoms with Gasteiger partial charge in [-0.1, -0.05) is 19.0 Å². The quantitative estimate of drug-likeness (QED) is 0.697. The molecule has 0 unspecified atom stereocenters. The second kappa shape index (κ2) is 6.49. The normalized spacial score (nSPS) is 11.2. The van der Waals surface area contributed by atoms with Crippen LogP contribution >= 0.6 is 22.7 Å². The number of thiazole rings is 1. The molecule has 0 aliphatic carbocycles. The van der Waals surface area contributed by atoms with Crippen molar-refractivity contribution in [1.29, 1.82) is 0 Å². The molecule has 0 spiro atoms. The Morgan fingerprint density at radius 2 is 2.04 bits per heavy atom. The maximum absolute atomic E-state index is 12.6. The number of nitrogens with one attached hydrogen (secondary N) is 1. The molecular weight excluding hydrogens is 342 g/mol. The van der Waals surface area contributed by atoms with Crippen molar-refractivity contribution in [2.45, 2.75) is 40.5 Å². The van der Waals surface area contributed by atoms with Gasteiger partial charge in [-0.05, 0) is 26.8 Å². The number of nitrogens with zero attached hydrogens (tertiary/aromatic N) is 2. The van der Waals surface area contributed by atoms with Gasteiger partial charge >= 0.3 is 0 Å². The first-order chi connectivity index (χ1) is 11.4. The summed E-state index contributed by atoms with van der Waals surface area (Å²) in [6, 6.07) is 2.13. The number of hydrogen-bond acceptors (Lipinski definition) is 6. The van der Waals surface area contributed by atoms with Crippen LogP contribution in [0.5, 0.6) is 0 Å². The number of carbonyl (C=O) groups is 1. The average molecular weight is 361 g/mol. The Hall–Kier alpha value is -1.99. The molecule has 0 bridgehead atoms. The predicted octanol–water partition coefficient (Wildman–Crippen LogP) is 5.16. The third kappa shape index (κ3) is 3.14. The van der Waals surface area contributed by atoms with Crippen molar-refractivity contribution in [3.63, 3.8) is 0 Å². The van der Waals surface area contributed by atoms with Gasteiger partial charge in [-0.3, -0.25) is 10.1 Å². The molecule has 3 aromatic rings. The molecule has 126 valence electrons. The lowest BCUT2D eigenvalue weighted by molar-refractivity contribution is 0.102. The van der Waals surface area contributed by atoms with Gasteiger partial charge in [0.1, 0.15) is 5.56 Å². The molecule has 0 atom stereocenters. The standard InChI is InChI=1S/C17H19N3O2S2/c1-8(2)15-14(10(4)20-22-15)16(21)19-17-18-13(7-23-17)12-6-9(3)24-11(12)5/h6-8H,1-5H3,(H,18,19,21). The largest absolute Gasteiger partial charge is 0.360 e. The monoisotopic (exact) mass is 361 g/mol. The topological polar surface area (TPSA) is 68.0 Å². The predicted molar refractivity (Wildman–Crippen MR) is 98.2 cm³/mol. The van der Waals surface area contributed by atoms with Gasteiger partial charge in [0, 0.05) is 26.6 Å². The molecule has 1 amide bonds. The Labute approximate surface area is 148 Å². The van der Waals surface area contributed by atoms with Crippen LogP contribution in [0.25, 0.3) is 11.3 Å². The fourth-order valence-electron chi connectivity index (χ4n) is 2.56. The Bertz CT molecular complexity index is 890. The van der Waals surface area contributed by atoms with E-state index in [9.17, 15) is 4.79 Å². The molecular formula is C17H19N3O2S2. The highest BCUT2D eigenvalue weighted by molar-refractivity contribution is 7.14. The summed E-state index contributed by atoms with van der Waals surface area (Å²) in [5.41, 5.74) is 3.11. The number of aryl methyl sites for hydroxylation is 3. The summed E-state index contributed by atoms with van der Waals surface area (Å²) >= 11 is 3.17. The molecule has 24 heavy (non-hydrogen) atoms. The van der Waals surface area contributed by atoms with E-state index in [4.69, 9.17) is 4.52 Å². The second-order valence-corrected chi connectivity index (χ2v) is 8.30. The number of aromatic nitrogens is 2. The van der Waals surface area contributed by atoms with Crippen molar-refractivity contribution in [3.05, 3.63) is 38.2 Å². The number of carbonyl (C=O) groups excluding carboxylic acids is 1.